The van der Waals surface area contributed by atoms with Crippen molar-refractivity contribution in [3.8, 4) is 0 Å². The van der Waals surface area contributed by atoms with Crippen molar-refractivity contribution in [2.45, 2.75) is 0 Å². The smallest absolute Gasteiger partial charge is 0.245 e. The van der Waals surface area contributed by atoms with Crippen LogP contribution in [-0.4, -0.2) is 27.1 Å². The second kappa shape index (κ2) is 7.74. The third-order valence-electron chi connectivity index (χ3n) is 3.03. The SMILES string of the molecule is CS(=O)(=O)N(CC(=O)Nc1cccc(Cl)c1Cl)c1ccc(Br)cc1. The van der Waals surface area contributed by atoms with Gasteiger partial charge in [0.25, 0.3) is 0 Å². The van der Waals surface area contributed by atoms with Gasteiger partial charge in [-0.2, -0.15) is 0 Å². The Morgan fingerprint density at radius 1 is 1.17 bits per heavy atom. The zero-order chi connectivity index (χ0) is 17.9. The summed E-state index contributed by atoms with van der Waals surface area (Å²) in [6, 6.07) is 11.4. The summed E-state index contributed by atoms with van der Waals surface area (Å²) < 4.78 is 25.8. The van der Waals surface area contributed by atoms with Crippen molar-refractivity contribution >= 4 is 66.4 Å². The van der Waals surface area contributed by atoms with Gasteiger partial charge in [0.15, 0.2) is 0 Å². The molecular weight excluding hydrogens is 439 g/mol. The third kappa shape index (κ3) is 4.86. The molecule has 24 heavy (non-hydrogen) atoms. The highest BCUT2D eigenvalue weighted by molar-refractivity contribution is 9.10. The molecule has 0 aliphatic heterocycles. The molecule has 0 aliphatic rings. The van der Waals surface area contributed by atoms with E-state index in [4.69, 9.17) is 23.2 Å². The maximum atomic E-state index is 12.2. The van der Waals surface area contributed by atoms with E-state index >= 15 is 0 Å². The molecule has 0 radical (unpaired) electrons. The molecule has 0 heterocycles. The lowest BCUT2D eigenvalue weighted by atomic mass is 10.3. The minimum atomic E-state index is -3.64. The number of carbonyl (C=O) groups is 1. The largest absolute Gasteiger partial charge is 0.323 e. The number of amides is 1. The zero-order valence-corrected chi connectivity index (χ0v) is 16.4. The first-order chi connectivity index (χ1) is 11.2. The van der Waals surface area contributed by atoms with Crippen LogP contribution in [0.15, 0.2) is 46.9 Å². The van der Waals surface area contributed by atoms with E-state index in [0.29, 0.717) is 16.4 Å². The highest BCUT2D eigenvalue weighted by atomic mass is 79.9. The van der Waals surface area contributed by atoms with Crippen molar-refractivity contribution in [2.24, 2.45) is 0 Å². The van der Waals surface area contributed by atoms with Crippen molar-refractivity contribution < 1.29 is 13.2 Å². The highest BCUT2D eigenvalue weighted by Gasteiger charge is 2.21. The number of anilines is 2. The fraction of sp³-hybridized carbons (Fsp3) is 0.133. The summed E-state index contributed by atoms with van der Waals surface area (Å²) in [4.78, 5) is 12.2. The van der Waals surface area contributed by atoms with Crippen LogP contribution in [0.4, 0.5) is 11.4 Å². The first kappa shape index (κ1) is 19.1. The number of halogens is 3. The number of benzene rings is 2. The van der Waals surface area contributed by atoms with Crippen LogP contribution in [0.2, 0.25) is 10.0 Å². The van der Waals surface area contributed by atoms with Crippen LogP contribution in [0.3, 0.4) is 0 Å². The number of hydrogen-bond donors (Lipinski definition) is 1. The predicted molar refractivity (Wildman–Crippen MR) is 101 cm³/mol. The Labute approximate surface area is 158 Å². The number of nitrogens with one attached hydrogen (secondary N) is 1. The van der Waals surface area contributed by atoms with Crippen LogP contribution in [0.5, 0.6) is 0 Å². The quantitative estimate of drug-likeness (QED) is 0.741. The molecule has 1 amide bonds. The molecule has 2 aromatic rings. The van der Waals surface area contributed by atoms with Crippen molar-refractivity contribution in [2.75, 3.05) is 22.4 Å². The van der Waals surface area contributed by atoms with E-state index < -0.39 is 15.9 Å². The molecule has 0 bridgehead atoms. The summed E-state index contributed by atoms with van der Waals surface area (Å²) in [5.74, 6) is -0.535. The first-order valence-corrected chi connectivity index (χ1v) is 10.1. The van der Waals surface area contributed by atoms with E-state index in [1.165, 1.54) is 0 Å². The molecule has 2 aromatic carbocycles. The van der Waals surface area contributed by atoms with Crippen molar-refractivity contribution in [3.63, 3.8) is 0 Å². The van der Waals surface area contributed by atoms with Crippen LogP contribution >= 0.6 is 39.1 Å². The van der Waals surface area contributed by atoms with Gasteiger partial charge >= 0.3 is 0 Å². The summed E-state index contributed by atoms with van der Waals surface area (Å²) in [5.41, 5.74) is 0.700. The molecule has 5 nitrogen and oxygen atoms in total. The van der Waals surface area contributed by atoms with Crippen LogP contribution in [-0.2, 0) is 14.8 Å². The van der Waals surface area contributed by atoms with E-state index in [9.17, 15) is 13.2 Å². The van der Waals surface area contributed by atoms with E-state index in [1.807, 2.05) is 0 Å². The summed E-state index contributed by atoms with van der Waals surface area (Å²) in [6.45, 7) is -0.386. The molecule has 0 aromatic heterocycles. The maximum Gasteiger partial charge on any atom is 0.245 e. The average Bonchev–Trinajstić information content (AvgIpc) is 2.49. The van der Waals surface area contributed by atoms with Gasteiger partial charge in [-0.3, -0.25) is 9.10 Å². The van der Waals surface area contributed by atoms with Gasteiger partial charge in [0.05, 0.1) is 27.7 Å². The van der Waals surface area contributed by atoms with Gasteiger partial charge in [0.1, 0.15) is 6.54 Å². The number of hydrogen-bond acceptors (Lipinski definition) is 3. The molecule has 9 heteroatoms. The molecule has 0 spiro atoms. The van der Waals surface area contributed by atoms with E-state index in [2.05, 4.69) is 21.2 Å². The van der Waals surface area contributed by atoms with Crippen molar-refractivity contribution in [1.82, 2.24) is 0 Å². The lowest BCUT2D eigenvalue weighted by Gasteiger charge is -2.22. The minimum Gasteiger partial charge on any atom is -0.323 e. The van der Waals surface area contributed by atoms with E-state index in [-0.39, 0.29) is 11.6 Å². The van der Waals surface area contributed by atoms with Gasteiger partial charge < -0.3 is 5.32 Å². The Balaban J connectivity index is 2.22. The van der Waals surface area contributed by atoms with Gasteiger partial charge in [0.2, 0.25) is 15.9 Å². The topological polar surface area (TPSA) is 66.5 Å². The summed E-state index contributed by atoms with van der Waals surface area (Å²) in [7, 11) is -3.64. The number of sulfonamides is 1. The Morgan fingerprint density at radius 3 is 2.38 bits per heavy atom. The summed E-state index contributed by atoms with van der Waals surface area (Å²) in [6.07, 6.45) is 1.04. The van der Waals surface area contributed by atoms with Crippen LogP contribution in [0.25, 0.3) is 0 Å². The molecule has 128 valence electrons. The number of nitrogens with zero attached hydrogens (tertiary/aromatic N) is 1. The molecule has 0 atom stereocenters. The number of carbonyl (C=O) groups excluding carboxylic acids is 1. The highest BCUT2D eigenvalue weighted by Crippen LogP contribution is 2.29. The third-order valence-corrected chi connectivity index (χ3v) is 5.52. The molecule has 0 fully saturated rings. The Kier molecular flexibility index (Phi) is 6.14. The standard InChI is InChI=1S/C15H13BrCl2N2O3S/c1-24(22,23)20(11-7-5-10(16)6-8-11)9-14(21)19-13-4-2-3-12(17)15(13)18/h2-8H,9H2,1H3,(H,19,21). The summed E-state index contributed by atoms with van der Waals surface area (Å²) in [5, 5.41) is 3.05. The van der Waals surface area contributed by atoms with Gasteiger partial charge in [-0.25, -0.2) is 8.42 Å². The van der Waals surface area contributed by atoms with Gasteiger partial charge in [-0.05, 0) is 36.4 Å². The predicted octanol–water partition coefficient (Wildman–Crippen LogP) is 4.16. The normalized spacial score (nSPS) is 11.2. The van der Waals surface area contributed by atoms with Gasteiger partial charge in [-0.15, -0.1) is 0 Å². The van der Waals surface area contributed by atoms with Crippen molar-refractivity contribution in [3.05, 3.63) is 57.0 Å². The van der Waals surface area contributed by atoms with Crippen LogP contribution in [0, 0.1) is 0 Å². The fourth-order valence-electron chi connectivity index (χ4n) is 1.93. The van der Waals surface area contributed by atoms with E-state index in [1.54, 1.807) is 42.5 Å². The molecule has 0 aliphatic carbocycles. The Bertz CT molecular complexity index is 858. The van der Waals surface area contributed by atoms with Crippen molar-refractivity contribution in [1.29, 1.82) is 0 Å². The van der Waals surface area contributed by atoms with Gasteiger partial charge in [0, 0.05) is 4.47 Å². The summed E-state index contributed by atoms with van der Waals surface area (Å²) >= 11 is 15.2. The first-order valence-electron chi connectivity index (χ1n) is 6.65. The van der Waals surface area contributed by atoms with Crippen LogP contribution in [0.1, 0.15) is 0 Å². The second-order valence-corrected chi connectivity index (χ2v) is 8.50. The monoisotopic (exact) mass is 450 g/mol. The average molecular weight is 452 g/mol. The zero-order valence-electron chi connectivity index (χ0n) is 12.5. The van der Waals surface area contributed by atoms with Gasteiger partial charge in [-0.1, -0.05) is 45.2 Å². The second-order valence-electron chi connectivity index (χ2n) is 4.90. The number of rotatable bonds is 5. The van der Waals surface area contributed by atoms with E-state index in [0.717, 1.165) is 15.0 Å². The minimum absolute atomic E-state index is 0.196. The maximum absolute atomic E-state index is 12.2. The Morgan fingerprint density at radius 2 is 1.79 bits per heavy atom. The lowest BCUT2D eigenvalue weighted by Crippen LogP contribution is -2.37. The fourth-order valence-corrected chi connectivity index (χ4v) is 3.40. The molecule has 0 saturated carbocycles. The van der Waals surface area contributed by atoms with Crippen LogP contribution < -0.4 is 9.62 Å². The molecule has 0 saturated heterocycles. The molecule has 1 N–H and O–H groups in total. The lowest BCUT2D eigenvalue weighted by molar-refractivity contribution is -0.114. The Hall–Kier alpha value is -1.28. The molecule has 0 unspecified atom stereocenters. The molecular formula is C15H13BrCl2N2O3S. The molecule has 2 rings (SSSR count).